The van der Waals surface area contributed by atoms with Crippen molar-refractivity contribution in [2.45, 2.75) is 32.7 Å². The molecule has 1 aliphatic rings. The van der Waals surface area contributed by atoms with Crippen LogP contribution < -0.4 is 10.1 Å². The van der Waals surface area contributed by atoms with E-state index in [1.165, 1.54) is 0 Å². The number of amides is 1. The van der Waals surface area contributed by atoms with E-state index < -0.39 is 0 Å². The molecule has 0 radical (unpaired) electrons. The highest BCUT2D eigenvalue weighted by molar-refractivity contribution is 6.08. The van der Waals surface area contributed by atoms with Crippen LogP contribution in [0.2, 0.25) is 0 Å². The van der Waals surface area contributed by atoms with Crippen LogP contribution in [0.1, 0.15) is 39.3 Å². The highest BCUT2D eigenvalue weighted by Gasteiger charge is 2.26. The minimum Gasteiger partial charge on any atom is -0.497 e. The molecule has 134 valence electrons. The van der Waals surface area contributed by atoms with Crippen molar-refractivity contribution in [1.29, 1.82) is 0 Å². The number of fused-ring (bicyclic) bond motifs is 2. The van der Waals surface area contributed by atoms with Crippen LogP contribution in [0.5, 0.6) is 5.75 Å². The van der Waals surface area contributed by atoms with Crippen molar-refractivity contribution in [3.63, 3.8) is 0 Å². The zero-order valence-electron chi connectivity index (χ0n) is 15.3. The summed E-state index contributed by atoms with van der Waals surface area (Å²) in [5.74, 6) is 0.752. The Morgan fingerprint density at radius 3 is 2.77 bits per heavy atom. The maximum Gasteiger partial charge on any atom is 0.252 e. The molecule has 1 aliphatic carbocycles. The third-order valence-electron chi connectivity index (χ3n) is 5.01. The lowest BCUT2D eigenvalue weighted by atomic mass is 10.0. The second-order valence-electron chi connectivity index (χ2n) is 6.70. The summed E-state index contributed by atoms with van der Waals surface area (Å²) in [5, 5.41) is 8.41. The van der Waals surface area contributed by atoms with E-state index in [0.717, 1.165) is 64.1 Å². The summed E-state index contributed by atoms with van der Waals surface area (Å²) >= 11 is 0. The van der Waals surface area contributed by atoms with Crippen molar-refractivity contribution in [1.82, 2.24) is 20.1 Å². The number of ether oxygens (including phenoxy) is 1. The standard InChI is InChI=1S/C20H22N4O2/c1-12-17-18(15-5-4-6-16(15)22-19(17)24(2)23-12)20(25)21-11-13-7-9-14(26-3)10-8-13/h7-10H,4-6,11H2,1-3H3,(H,21,25). The number of benzene rings is 1. The molecule has 4 rings (SSSR count). The number of methoxy groups -OCH3 is 1. The number of nitrogens with zero attached hydrogens (tertiary/aromatic N) is 3. The molecule has 6 nitrogen and oxygen atoms in total. The van der Waals surface area contributed by atoms with Gasteiger partial charge >= 0.3 is 0 Å². The first-order chi connectivity index (χ1) is 12.6. The summed E-state index contributed by atoms with van der Waals surface area (Å²) in [4.78, 5) is 17.8. The second kappa shape index (κ2) is 6.44. The largest absolute Gasteiger partial charge is 0.497 e. The quantitative estimate of drug-likeness (QED) is 0.785. The van der Waals surface area contributed by atoms with Crippen LogP contribution in [0.4, 0.5) is 0 Å². The molecular formula is C20H22N4O2. The third kappa shape index (κ3) is 2.71. The second-order valence-corrected chi connectivity index (χ2v) is 6.70. The topological polar surface area (TPSA) is 69.0 Å². The molecule has 0 saturated carbocycles. The van der Waals surface area contributed by atoms with E-state index in [9.17, 15) is 4.79 Å². The Labute approximate surface area is 152 Å². The molecule has 0 bridgehead atoms. The predicted molar refractivity (Wildman–Crippen MR) is 99.4 cm³/mol. The maximum atomic E-state index is 13.1. The number of rotatable bonds is 4. The van der Waals surface area contributed by atoms with E-state index in [0.29, 0.717) is 6.54 Å². The number of pyridine rings is 1. The van der Waals surface area contributed by atoms with Gasteiger partial charge in [-0.2, -0.15) is 5.10 Å². The Morgan fingerprint density at radius 1 is 1.27 bits per heavy atom. The molecule has 1 aromatic carbocycles. The zero-order valence-corrected chi connectivity index (χ0v) is 15.3. The van der Waals surface area contributed by atoms with Crippen LogP contribution in [-0.4, -0.2) is 27.8 Å². The number of aromatic nitrogens is 3. The van der Waals surface area contributed by atoms with Crippen molar-refractivity contribution in [3.05, 3.63) is 52.3 Å². The van der Waals surface area contributed by atoms with Crippen LogP contribution in [0.25, 0.3) is 11.0 Å². The molecule has 0 aliphatic heterocycles. The summed E-state index contributed by atoms with van der Waals surface area (Å²) in [7, 11) is 3.52. The zero-order chi connectivity index (χ0) is 18.3. The van der Waals surface area contributed by atoms with Crippen molar-refractivity contribution in [2.75, 3.05) is 7.11 Å². The summed E-state index contributed by atoms with van der Waals surface area (Å²) in [6.45, 7) is 2.41. The number of hydrogen-bond acceptors (Lipinski definition) is 4. The molecule has 3 aromatic rings. The van der Waals surface area contributed by atoms with Crippen molar-refractivity contribution in [3.8, 4) is 5.75 Å². The number of nitrogens with one attached hydrogen (secondary N) is 1. The molecule has 0 unspecified atom stereocenters. The van der Waals surface area contributed by atoms with Gasteiger partial charge in [0.2, 0.25) is 0 Å². The van der Waals surface area contributed by atoms with Crippen LogP contribution in [0, 0.1) is 6.92 Å². The molecular weight excluding hydrogens is 328 g/mol. The summed E-state index contributed by atoms with van der Waals surface area (Å²) in [5.41, 5.74) is 5.54. The van der Waals surface area contributed by atoms with Gasteiger partial charge in [-0.05, 0) is 49.4 Å². The van der Waals surface area contributed by atoms with Gasteiger partial charge in [0.25, 0.3) is 5.91 Å². The van der Waals surface area contributed by atoms with E-state index in [4.69, 9.17) is 9.72 Å². The average molecular weight is 350 g/mol. The fourth-order valence-electron chi connectivity index (χ4n) is 3.73. The van der Waals surface area contributed by atoms with Gasteiger partial charge in [-0.25, -0.2) is 4.98 Å². The van der Waals surface area contributed by atoms with E-state index in [1.807, 2.05) is 38.2 Å². The molecule has 2 aromatic heterocycles. The van der Waals surface area contributed by atoms with E-state index in [-0.39, 0.29) is 5.91 Å². The predicted octanol–water partition coefficient (Wildman–Crippen LogP) is 2.70. The Bertz CT molecular complexity index is 989. The molecule has 6 heteroatoms. The smallest absolute Gasteiger partial charge is 0.252 e. The Balaban J connectivity index is 1.68. The molecule has 0 fully saturated rings. The Hall–Kier alpha value is -2.89. The Morgan fingerprint density at radius 2 is 2.04 bits per heavy atom. The minimum atomic E-state index is -0.0533. The normalized spacial score (nSPS) is 13.0. The lowest BCUT2D eigenvalue weighted by Crippen LogP contribution is -2.24. The SMILES string of the molecule is COc1ccc(CNC(=O)c2c3c(nc4c2c(C)nn4C)CCC3)cc1. The number of carbonyl (C=O) groups is 1. The van der Waals surface area contributed by atoms with E-state index in [2.05, 4.69) is 10.4 Å². The van der Waals surface area contributed by atoms with E-state index in [1.54, 1.807) is 11.8 Å². The van der Waals surface area contributed by atoms with Gasteiger partial charge in [-0.15, -0.1) is 0 Å². The molecule has 0 saturated heterocycles. The molecule has 0 spiro atoms. The van der Waals surface area contributed by atoms with Gasteiger partial charge in [-0.3, -0.25) is 9.48 Å². The average Bonchev–Trinajstić information content (AvgIpc) is 3.23. The molecule has 1 N–H and O–H groups in total. The highest BCUT2D eigenvalue weighted by atomic mass is 16.5. The van der Waals surface area contributed by atoms with Gasteiger partial charge in [0.15, 0.2) is 5.65 Å². The highest BCUT2D eigenvalue weighted by Crippen LogP contribution is 2.31. The van der Waals surface area contributed by atoms with Crippen molar-refractivity contribution < 1.29 is 9.53 Å². The fourth-order valence-corrected chi connectivity index (χ4v) is 3.73. The van der Waals surface area contributed by atoms with Crippen LogP contribution in [-0.2, 0) is 26.4 Å². The van der Waals surface area contributed by atoms with Gasteiger partial charge in [-0.1, -0.05) is 12.1 Å². The first-order valence-corrected chi connectivity index (χ1v) is 8.84. The van der Waals surface area contributed by atoms with Crippen LogP contribution >= 0.6 is 0 Å². The molecule has 2 heterocycles. The van der Waals surface area contributed by atoms with Gasteiger partial charge in [0.1, 0.15) is 5.75 Å². The summed E-state index contributed by atoms with van der Waals surface area (Å²) in [6, 6.07) is 7.71. The first-order valence-electron chi connectivity index (χ1n) is 8.84. The van der Waals surface area contributed by atoms with Gasteiger partial charge in [0.05, 0.1) is 23.8 Å². The minimum absolute atomic E-state index is 0.0533. The van der Waals surface area contributed by atoms with E-state index >= 15 is 0 Å². The Kier molecular flexibility index (Phi) is 4.11. The molecule has 0 atom stereocenters. The summed E-state index contributed by atoms with van der Waals surface area (Å²) in [6.07, 6.45) is 2.87. The number of carbonyl (C=O) groups excluding carboxylic acids is 1. The maximum absolute atomic E-state index is 13.1. The third-order valence-corrected chi connectivity index (χ3v) is 5.01. The monoisotopic (exact) mass is 350 g/mol. The number of aryl methyl sites for hydroxylation is 3. The lowest BCUT2D eigenvalue weighted by molar-refractivity contribution is 0.0951. The lowest BCUT2D eigenvalue weighted by Gasteiger charge is -2.12. The van der Waals surface area contributed by atoms with Gasteiger partial charge < -0.3 is 10.1 Å². The van der Waals surface area contributed by atoms with Crippen molar-refractivity contribution in [2.24, 2.45) is 7.05 Å². The number of hydrogen-bond donors (Lipinski definition) is 1. The molecule has 1 amide bonds. The van der Waals surface area contributed by atoms with Crippen LogP contribution in [0.15, 0.2) is 24.3 Å². The first kappa shape index (κ1) is 16.6. The summed E-state index contributed by atoms with van der Waals surface area (Å²) < 4.78 is 6.94. The molecule has 26 heavy (non-hydrogen) atoms. The van der Waals surface area contributed by atoms with Gasteiger partial charge in [0, 0.05) is 19.3 Å². The fraction of sp³-hybridized carbons (Fsp3) is 0.350. The van der Waals surface area contributed by atoms with Crippen molar-refractivity contribution >= 4 is 16.9 Å². The van der Waals surface area contributed by atoms with Crippen LogP contribution in [0.3, 0.4) is 0 Å².